The van der Waals surface area contributed by atoms with Crippen LogP contribution < -0.4 is 5.73 Å². The van der Waals surface area contributed by atoms with Crippen molar-refractivity contribution in [2.24, 2.45) is 11.1 Å². The Morgan fingerprint density at radius 1 is 1.50 bits per heavy atom. The van der Waals surface area contributed by atoms with E-state index in [1.807, 2.05) is 4.90 Å². The van der Waals surface area contributed by atoms with E-state index in [1.165, 1.54) is 0 Å². The van der Waals surface area contributed by atoms with Crippen LogP contribution in [0.1, 0.15) is 25.7 Å². The summed E-state index contributed by atoms with van der Waals surface area (Å²) >= 11 is 0. The molecule has 0 aromatic rings. The van der Waals surface area contributed by atoms with Gasteiger partial charge in [0.25, 0.3) is 0 Å². The number of likely N-dealkylation sites (tertiary alicyclic amines) is 1. The molecule has 1 amide bonds. The van der Waals surface area contributed by atoms with Crippen LogP contribution in [0, 0.1) is 5.41 Å². The van der Waals surface area contributed by atoms with E-state index in [-0.39, 0.29) is 6.54 Å². The topological polar surface area (TPSA) is 92.9 Å². The van der Waals surface area contributed by atoms with E-state index < -0.39 is 17.3 Å². The Balaban J connectivity index is 2.64. The molecular formula is C12H22N2O4. The largest absolute Gasteiger partial charge is 0.481 e. The van der Waals surface area contributed by atoms with Gasteiger partial charge in [-0.3, -0.25) is 14.5 Å². The zero-order chi connectivity index (χ0) is 13.6. The fourth-order valence-corrected chi connectivity index (χ4v) is 2.62. The number of carbonyl (C=O) groups excluding carboxylic acids is 1. The molecule has 1 atom stereocenters. The molecule has 6 heteroatoms. The summed E-state index contributed by atoms with van der Waals surface area (Å²) in [5.74, 6) is -1.19. The molecule has 0 aromatic heterocycles. The van der Waals surface area contributed by atoms with E-state index in [9.17, 15) is 14.7 Å². The van der Waals surface area contributed by atoms with E-state index in [0.717, 1.165) is 13.0 Å². The summed E-state index contributed by atoms with van der Waals surface area (Å²) in [5, 5.41) is 9.46. The maximum absolute atomic E-state index is 11.5. The third-order valence-electron chi connectivity index (χ3n) is 3.49. The van der Waals surface area contributed by atoms with Gasteiger partial charge in [0.1, 0.15) is 0 Å². The molecule has 0 radical (unpaired) electrons. The number of nitrogens with two attached hydrogens (primary N) is 1. The van der Waals surface area contributed by atoms with E-state index in [4.69, 9.17) is 10.5 Å². The second-order valence-electron chi connectivity index (χ2n) is 4.96. The highest BCUT2D eigenvalue weighted by Gasteiger charge is 2.41. The number of ether oxygens (including phenoxy) is 1. The van der Waals surface area contributed by atoms with Crippen molar-refractivity contribution in [2.45, 2.75) is 25.7 Å². The van der Waals surface area contributed by atoms with Crippen LogP contribution in [-0.2, 0) is 14.3 Å². The van der Waals surface area contributed by atoms with Crippen LogP contribution in [0.4, 0.5) is 0 Å². The molecule has 1 rings (SSSR count). The molecule has 1 aliphatic heterocycles. The monoisotopic (exact) mass is 258 g/mol. The Morgan fingerprint density at radius 2 is 2.22 bits per heavy atom. The lowest BCUT2D eigenvalue weighted by Gasteiger charge is -2.39. The summed E-state index contributed by atoms with van der Waals surface area (Å²) in [6.07, 6.45) is 2.73. The van der Waals surface area contributed by atoms with Crippen molar-refractivity contribution in [1.29, 1.82) is 0 Å². The third-order valence-corrected chi connectivity index (χ3v) is 3.49. The van der Waals surface area contributed by atoms with Crippen molar-refractivity contribution < 1.29 is 19.4 Å². The molecule has 0 aliphatic carbocycles. The summed E-state index contributed by atoms with van der Waals surface area (Å²) in [6.45, 7) is 1.83. The van der Waals surface area contributed by atoms with Gasteiger partial charge >= 0.3 is 5.97 Å². The van der Waals surface area contributed by atoms with Crippen molar-refractivity contribution in [3.05, 3.63) is 0 Å². The van der Waals surface area contributed by atoms with E-state index >= 15 is 0 Å². The van der Waals surface area contributed by atoms with Crippen LogP contribution in [0.2, 0.25) is 0 Å². The number of hydrogen-bond acceptors (Lipinski definition) is 4. The number of carboxylic acids is 1. The number of nitrogens with zero attached hydrogens (tertiary/aromatic N) is 1. The van der Waals surface area contributed by atoms with E-state index in [2.05, 4.69) is 0 Å². The van der Waals surface area contributed by atoms with Crippen LogP contribution in [0.15, 0.2) is 0 Å². The van der Waals surface area contributed by atoms with Crippen LogP contribution in [0.5, 0.6) is 0 Å². The number of carbonyl (C=O) groups is 2. The first-order valence-electron chi connectivity index (χ1n) is 6.23. The second-order valence-corrected chi connectivity index (χ2v) is 4.96. The van der Waals surface area contributed by atoms with Crippen LogP contribution >= 0.6 is 0 Å². The van der Waals surface area contributed by atoms with Crippen molar-refractivity contribution >= 4 is 11.9 Å². The molecule has 6 nitrogen and oxygen atoms in total. The average molecular weight is 258 g/mol. The highest BCUT2D eigenvalue weighted by atomic mass is 16.5. The highest BCUT2D eigenvalue weighted by Crippen LogP contribution is 2.34. The Labute approximate surface area is 107 Å². The fraction of sp³-hybridized carbons (Fsp3) is 0.833. The summed E-state index contributed by atoms with van der Waals surface area (Å²) < 4.78 is 4.97. The molecule has 0 aromatic carbocycles. The van der Waals surface area contributed by atoms with Gasteiger partial charge in [-0.15, -0.1) is 0 Å². The van der Waals surface area contributed by atoms with Crippen molar-refractivity contribution in [1.82, 2.24) is 4.90 Å². The minimum atomic E-state index is -0.784. The number of aliphatic carboxylic acids is 1. The second kappa shape index (κ2) is 6.70. The molecule has 18 heavy (non-hydrogen) atoms. The van der Waals surface area contributed by atoms with Crippen molar-refractivity contribution in [3.63, 3.8) is 0 Å². The fourth-order valence-electron chi connectivity index (χ4n) is 2.62. The summed E-state index contributed by atoms with van der Waals surface area (Å²) in [6, 6.07) is 0. The first kappa shape index (κ1) is 14.9. The van der Waals surface area contributed by atoms with Gasteiger partial charge in [0.2, 0.25) is 5.91 Å². The lowest BCUT2D eigenvalue weighted by atomic mass is 9.76. The van der Waals surface area contributed by atoms with E-state index in [1.54, 1.807) is 7.11 Å². The number of primary amides is 1. The SMILES string of the molecule is COCCC[C@@]1(C(=O)O)CCCN(CC(N)=O)C1. The Bertz CT molecular complexity index is 308. The number of amides is 1. The van der Waals surface area contributed by atoms with E-state index in [0.29, 0.717) is 32.4 Å². The predicted octanol–water partition coefficient (Wildman–Crippen LogP) is 0.0651. The predicted molar refractivity (Wildman–Crippen MR) is 66.0 cm³/mol. The van der Waals surface area contributed by atoms with Crippen LogP contribution in [0.25, 0.3) is 0 Å². The van der Waals surface area contributed by atoms with Crippen LogP contribution in [-0.4, -0.2) is 55.2 Å². The smallest absolute Gasteiger partial charge is 0.310 e. The van der Waals surface area contributed by atoms with Crippen LogP contribution in [0.3, 0.4) is 0 Å². The molecule has 0 bridgehead atoms. The van der Waals surface area contributed by atoms with Gasteiger partial charge in [-0.25, -0.2) is 0 Å². The zero-order valence-corrected chi connectivity index (χ0v) is 10.9. The molecule has 0 unspecified atom stereocenters. The van der Waals surface area contributed by atoms with Gasteiger partial charge in [0, 0.05) is 20.3 Å². The molecule has 1 heterocycles. The standard InChI is InChI=1S/C12H22N2O4/c1-18-7-3-5-12(11(16)17)4-2-6-14(9-12)8-10(13)15/h2-9H2,1H3,(H2,13,15)(H,16,17)/t12-/m0/s1. The summed E-state index contributed by atoms with van der Waals surface area (Å²) in [4.78, 5) is 24.3. The van der Waals surface area contributed by atoms with Gasteiger partial charge in [0.15, 0.2) is 0 Å². The minimum absolute atomic E-state index is 0.138. The number of carboxylic acid groups (broad SMARTS) is 1. The Kier molecular flexibility index (Phi) is 5.55. The Hall–Kier alpha value is -1.14. The van der Waals surface area contributed by atoms with Gasteiger partial charge in [-0.05, 0) is 32.2 Å². The Morgan fingerprint density at radius 3 is 2.78 bits per heavy atom. The molecule has 104 valence electrons. The lowest BCUT2D eigenvalue weighted by Crippen LogP contribution is -2.50. The first-order chi connectivity index (χ1) is 8.50. The quantitative estimate of drug-likeness (QED) is 0.630. The van der Waals surface area contributed by atoms with Gasteiger partial charge < -0.3 is 15.6 Å². The third kappa shape index (κ3) is 3.96. The highest BCUT2D eigenvalue weighted by molar-refractivity contribution is 5.77. The molecule has 1 saturated heterocycles. The number of hydrogen-bond donors (Lipinski definition) is 2. The van der Waals surface area contributed by atoms with Gasteiger partial charge in [0.05, 0.1) is 12.0 Å². The molecule has 1 aliphatic rings. The molecular weight excluding hydrogens is 236 g/mol. The first-order valence-corrected chi connectivity index (χ1v) is 6.23. The number of methoxy groups -OCH3 is 1. The van der Waals surface area contributed by atoms with Gasteiger partial charge in [-0.2, -0.15) is 0 Å². The van der Waals surface area contributed by atoms with Crippen molar-refractivity contribution in [3.8, 4) is 0 Å². The molecule has 0 spiro atoms. The normalized spacial score (nSPS) is 24.9. The molecule has 0 saturated carbocycles. The lowest BCUT2D eigenvalue weighted by molar-refractivity contribution is -0.154. The molecule has 3 N–H and O–H groups in total. The average Bonchev–Trinajstić information content (AvgIpc) is 2.28. The summed E-state index contributed by atoms with van der Waals surface area (Å²) in [5.41, 5.74) is 4.40. The number of rotatable bonds is 7. The minimum Gasteiger partial charge on any atom is -0.481 e. The van der Waals surface area contributed by atoms with Crippen molar-refractivity contribution in [2.75, 3.05) is 33.4 Å². The molecule has 1 fully saturated rings. The van der Waals surface area contributed by atoms with Gasteiger partial charge in [-0.1, -0.05) is 0 Å². The maximum atomic E-state index is 11.5. The maximum Gasteiger partial charge on any atom is 0.310 e. The zero-order valence-electron chi connectivity index (χ0n) is 10.9. The number of piperidine rings is 1. The summed E-state index contributed by atoms with van der Waals surface area (Å²) in [7, 11) is 1.60.